The van der Waals surface area contributed by atoms with Gasteiger partial charge in [-0.3, -0.25) is 9.59 Å². The number of amides is 2. The molecular formula is C36H38N4O7S. The first kappa shape index (κ1) is 34.6. The molecule has 12 heteroatoms. The Balaban J connectivity index is 1.16. The van der Waals surface area contributed by atoms with Gasteiger partial charge in [-0.25, -0.2) is 9.78 Å². The molecule has 2 heterocycles. The van der Waals surface area contributed by atoms with Crippen LogP contribution in [-0.2, 0) is 32.2 Å². The normalized spacial score (nSPS) is 17.4. The van der Waals surface area contributed by atoms with Crippen LogP contribution in [0.2, 0.25) is 0 Å². The number of aliphatic hydroxyl groups excluding tert-OH is 1. The van der Waals surface area contributed by atoms with Gasteiger partial charge in [-0.05, 0) is 47.4 Å². The number of nitrogens with two attached hydrogens (primary N) is 1. The maximum Gasteiger partial charge on any atom is 0.338 e. The van der Waals surface area contributed by atoms with Crippen molar-refractivity contribution in [2.75, 3.05) is 16.8 Å². The number of aromatic carboxylic acids is 1. The third kappa shape index (κ3) is 9.64. The Morgan fingerprint density at radius 2 is 1.58 bits per heavy atom. The molecule has 6 N–H and O–H groups in total. The number of benzene rings is 3. The second kappa shape index (κ2) is 16.9. The van der Waals surface area contributed by atoms with Crippen LogP contribution < -0.4 is 16.4 Å². The van der Waals surface area contributed by atoms with E-state index in [1.807, 2.05) is 48.5 Å². The van der Waals surface area contributed by atoms with Gasteiger partial charge in [0.2, 0.25) is 11.8 Å². The number of nitrogens with one attached hydrogen (secondary N) is 2. The van der Waals surface area contributed by atoms with Crippen LogP contribution in [0.15, 0.2) is 96.2 Å². The van der Waals surface area contributed by atoms with Gasteiger partial charge in [-0.1, -0.05) is 60.7 Å². The molecule has 4 aromatic rings. The summed E-state index contributed by atoms with van der Waals surface area (Å²) in [4.78, 5) is 40.6. The van der Waals surface area contributed by atoms with Crippen molar-refractivity contribution in [2.24, 2.45) is 0 Å². The molecule has 0 aliphatic carbocycles. The van der Waals surface area contributed by atoms with Crippen molar-refractivity contribution in [3.63, 3.8) is 0 Å². The summed E-state index contributed by atoms with van der Waals surface area (Å²) < 4.78 is 12.8. The van der Waals surface area contributed by atoms with Gasteiger partial charge in [0.15, 0.2) is 6.29 Å². The zero-order valence-corrected chi connectivity index (χ0v) is 27.0. The lowest BCUT2D eigenvalue weighted by atomic mass is 10.0. The Hall–Kier alpha value is -4.75. The summed E-state index contributed by atoms with van der Waals surface area (Å²) in [5.74, 6) is -0.921. The third-order valence-corrected chi connectivity index (χ3v) is 8.94. The van der Waals surface area contributed by atoms with Crippen LogP contribution in [0.5, 0.6) is 0 Å². The number of carbonyl (C=O) groups is 3. The number of carbonyl (C=O) groups excluding carboxylic acids is 2. The van der Waals surface area contributed by atoms with Crippen molar-refractivity contribution < 1.29 is 34.1 Å². The van der Waals surface area contributed by atoms with Crippen LogP contribution in [0.25, 0.3) is 0 Å². The number of nitrogen functional groups attached to an aromatic ring is 1. The van der Waals surface area contributed by atoms with Gasteiger partial charge in [0.1, 0.15) is 5.03 Å². The Kier molecular flexibility index (Phi) is 12.2. The first-order valence-corrected chi connectivity index (χ1v) is 16.6. The maximum absolute atomic E-state index is 12.4. The molecule has 3 atom stereocenters. The largest absolute Gasteiger partial charge is 0.478 e. The monoisotopic (exact) mass is 670 g/mol. The number of para-hydroxylation sites is 2. The summed E-state index contributed by atoms with van der Waals surface area (Å²) in [7, 11) is 0. The molecule has 0 spiro atoms. The summed E-state index contributed by atoms with van der Waals surface area (Å²) in [6.07, 6.45) is 1.68. The average molecular weight is 671 g/mol. The van der Waals surface area contributed by atoms with E-state index in [0.29, 0.717) is 41.5 Å². The van der Waals surface area contributed by atoms with Gasteiger partial charge in [-0.15, -0.1) is 11.8 Å². The summed E-state index contributed by atoms with van der Waals surface area (Å²) in [6, 6.07) is 25.3. The molecule has 1 saturated heterocycles. The Bertz CT molecular complexity index is 1700. The van der Waals surface area contributed by atoms with E-state index >= 15 is 0 Å². The fourth-order valence-corrected chi connectivity index (χ4v) is 6.18. The quantitative estimate of drug-likeness (QED) is 0.0838. The smallest absolute Gasteiger partial charge is 0.338 e. The van der Waals surface area contributed by atoms with Gasteiger partial charge in [0.25, 0.3) is 0 Å². The van der Waals surface area contributed by atoms with Crippen LogP contribution in [0, 0.1) is 0 Å². The minimum Gasteiger partial charge on any atom is -0.478 e. The first-order chi connectivity index (χ1) is 23.3. The van der Waals surface area contributed by atoms with Crippen molar-refractivity contribution >= 4 is 40.9 Å². The highest BCUT2D eigenvalue weighted by atomic mass is 32.2. The fraction of sp³-hybridized carbons (Fsp3) is 0.278. The molecule has 5 rings (SSSR count). The SMILES string of the molecule is Nc1ccccc1NC(=O)CCCC(=O)NCc1ccc([C@@H]2O[C@H](CSc3ncccc3C(=O)O)C[C@H](c3ccc(CO)cc3)O2)cc1. The van der Waals surface area contributed by atoms with Gasteiger partial charge in [0.05, 0.1) is 35.8 Å². The Morgan fingerprint density at radius 3 is 2.31 bits per heavy atom. The van der Waals surface area contributed by atoms with Gasteiger partial charge < -0.3 is 36.1 Å². The lowest BCUT2D eigenvalue weighted by Gasteiger charge is -2.36. The molecular weight excluding hydrogens is 632 g/mol. The van der Waals surface area contributed by atoms with Crippen molar-refractivity contribution in [3.05, 3.63) is 119 Å². The molecule has 250 valence electrons. The summed E-state index contributed by atoms with van der Waals surface area (Å²) in [5, 5.41) is 25.1. The number of rotatable bonds is 14. The number of aromatic nitrogens is 1. The van der Waals surface area contributed by atoms with E-state index in [9.17, 15) is 24.6 Å². The van der Waals surface area contributed by atoms with Crippen LogP contribution >= 0.6 is 11.8 Å². The van der Waals surface area contributed by atoms with Gasteiger partial charge in [-0.2, -0.15) is 0 Å². The Morgan fingerprint density at radius 1 is 0.875 bits per heavy atom. The van der Waals surface area contributed by atoms with Crippen LogP contribution in [0.4, 0.5) is 11.4 Å². The van der Waals surface area contributed by atoms with Gasteiger partial charge in [0, 0.05) is 43.3 Å². The number of carboxylic acids is 1. The highest BCUT2D eigenvalue weighted by Crippen LogP contribution is 2.39. The van der Waals surface area contributed by atoms with E-state index < -0.39 is 12.3 Å². The number of anilines is 2. The molecule has 0 radical (unpaired) electrons. The average Bonchev–Trinajstić information content (AvgIpc) is 3.11. The first-order valence-electron chi connectivity index (χ1n) is 15.6. The topological polar surface area (TPSA) is 173 Å². The highest BCUT2D eigenvalue weighted by molar-refractivity contribution is 7.99. The minimum absolute atomic E-state index is 0.0541. The standard InChI is InChI=1S/C36H38N4O7S/c37-29-6-1-2-7-30(29)40-33(43)9-3-8-32(42)39-20-23-10-16-26(17-11-23)36-46-27(22-48-34-28(35(44)45)5-4-18-38-34)19-31(47-36)25-14-12-24(21-41)13-15-25/h1-2,4-7,10-18,27,31,36,41H,3,8-9,19-22,37H2,(H,39,42)(H,40,43)(H,44,45)/t27-,31+,36+/m0/s1. The number of nitrogens with zero attached hydrogens (tertiary/aromatic N) is 1. The van der Waals surface area contributed by atoms with Crippen molar-refractivity contribution in [2.45, 2.75) is 62.4 Å². The zero-order chi connectivity index (χ0) is 33.9. The lowest BCUT2D eigenvalue weighted by molar-refractivity contribution is -0.245. The molecule has 48 heavy (non-hydrogen) atoms. The molecule has 1 aromatic heterocycles. The Labute approximate surface area is 282 Å². The predicted octanol–water partition coefficient (Wildman–Crippen LogP) is 5.62. The highest BCUT2D eigenvalue weighted by Gasteiger charge is 2.32. The molecule has 0 bridgehead atoms. The second-order valence-electron chi connectivity index (χ2n) is 11.3. The van der Waals surface area contributed by atoms with E-state index in [0.717, 1.165) is 22.3 Å². The summed E-state index contributed by atoms with van der Waals surface area (Å²) in [6.45, 7) is 0.273. The molecule has 0 unspecified atom stereocenters. The molecule has 1 aliphatic heterocycles. The van der Waals surface area contributed by atoms with E-state index in [-0.39, 0.29) is 49.0 Å². The van der Waals surface area contributed by atoms with Crippen molar-refractivity contribution in [1.29, 1.82) is 0 Å². The van der Waals surface area contributed by atoms with Crippen LogP contribution in [-0.4, -0.2) is 44.8 Å². The summed E-state index contributed by atoms with van der Waals surface area (Å²) in [5.41, 5.74) is 10.5. The number of aliphatic hydroxyl groups is 1. The number of carboxylic acid groups (broad SMARTS) is 1. The molecule has 11 nitrogen and oxygen atoms in total. The number of thioether (sulfide) groups is 1. The van der Waals surface area contributed by atoms with E-state index in [2.05, 4.69) is 15.6 Å². The van der Waals surface area contributed by atoms with Crippen LogP contribution in [0.1, 0.15) is 70.7 Å². The molecule has 3 aromatic carbocycles. The van der Waals surface area contributed by atoms with Crippen molar-refractivity contribution in [1.82, 2.24) is 10.3 Å². The number of pyridine rings is 1. The fourth-order valence-electron chi connectivity index (χ4n) is 5.18. The minimum atomic E-state index is -1.04. The molecule has 1 aliphatic rings. The molecule has 0 saturated carbocycles. The van der Waals surface area contributed by atoms with E-state index in [4.69, 9.17) is 15.2 Å². The van der Waals surface area contributed by atoms with Crippen LogP contribution in [0.3, 0.4) is 0 Å². The van der Waals surface area contributed by atoms with E-state index in [1.54, 1.807) is 36.5 Å². The molecule has 2 amide bonds. The lowest BCUT2D eigenvalue weighted by Crippen LogP contribution is -2.31. The summed E-state index contributed by atoms with van der Waals surface area (Å²) >= 11 is 1.33. The number of hydrogen-bond acceptors (Lipinski definition) is 9. The maximum atomic E-state index is 12.4. The molecule has 1 fully saturated rings. The van der Waals surface area contributed by atoms with E-state index in [1.165, 1.54) is 17.8 Å². The predicted molar refractivity (Wildman–Crippen MR) is 182 cm³/mol. The third-order valence-electron chi connectivity index (χ3n) is 7.81. The van der Waals surface area contributed by atoms with Gasteiger partial charge >= 0.3 is 5.97 Å². The number of hydrogen-bond donors (Lipinski definition) is 5. The second-order valence-corrected chi connectivity index (χ2v) is 12.3. The van der Waals surface area contributed by atoms with Crippen molar-refractivity contribution in [3.8, 4) is 0 Å². The number of ether oxygens (including phenoxy) is 2. The zero-order valence-electron chi connectivity index (χ0n) is 26.2.